The molecule has 0 amide bonds. The van der Waals surface area contributed by atoms with Crippen molar-refractivity contribution in [2.75, 3.05) is 0 Å². The molecule has 0 radical (unpaired) electrons. The summed E-state index contributed by atoms with van der Waals surface area (Å²) in [7, 11) is -4.67. The van der Waals surface area contributed by atoms with Crippen molar-refractivity contribution in [3.8, 4) is 0 Å². The van der Waals surface area contributed by atoms with Gasteiger partial charge in [-0.15, -0.1) is 0 Å². The fraction of sp³-hybridized carbons (Fsp3) is 0. The smallest absolute Gasteiger partial charge is 1.00 e. The van der Waals surface area contributed by atoms with Crippen molar-refractivity contribution in [3.63, 3.8) is 0 Å². The molecule has 0 bridgehead atoms. The van der Waals surface area contributed by atoms with Crippen LogP contribution in [0.3, 0.4) is 0 Å². The summed E-state index contributed by atoms with van der Waals surface area (Å²) < 4.78 is 31.6. The molecule has 0 heterocycles. The van der Waals surface area contributed by atoms with Crippen molar-refractivity contribution >= 4 is 10.4 Å². The predicted octanol–water partition coefficient (Wildman–Crippen LogP) is -6.84. The van der Waals surface area contributed by atoms with Crippen LogP contribution in [0.4, 0.5) is 0 Å². The summed E-state index contributed by atoms with van der Waals surface area (Å²) in [5.41, 5.74) is 0. The van der Waals surface area contributed by atoms with Crippen LogP contribution in [0.1, 0.15) is 1.43 Å². The molecule has 0 rings (SSSR count). The van der Waals surface area contributed by atoms with E-state index in [9.17, 15) is 0 Å². The van der Waals surface area contributed by atoms with Gasteiger partial charge in [0, 0.05) is 0 Å². The minimum absolute atomic E-state index is 0. The molecule has 66 valence electrons. The van der Waals surface area contributed by atoms with E-state index in [2.05, 4.69) is 0 Å². The summed E-state index contributed by atoms with van der Waals surface area (Å²) in [6, 6.07) is 0. The van der Waals surface area contributed by atoms with Gasteiger partial charge in [-0.2, -0.15) is 8.42 Å². The average molecular weight is 210 g/mol. The first-order valence-corrected chi connectivity index (χ1v) is 2.10. The molecule has 0 aromatic carbocycles. The molecule has 0 aliphatic rings. The Morgan fingerprint density at radius 3 is 0.900 bits per heavy atom. The molecule has 0 aromatic rings. The third-order valence-electron chi connectivity index (χ3n) is 0. The van der Waals surface area contributed by atoms with E-state index in [1.54, 1.807) is 0 Å². The normalized spacial score (nSPS) is 5.80. The van der Waals surface area contributed by atoms with Gasteiger partial charge in [-0.1, -0.05) is 0 Å². The van der Waals surface area contributed by atoms with E-state index in [4.69, 9.17) is 17.5 Å². The van der Waals surface area contributed by atoms with Crippen LogP contribution in [0.5, 0.6) is 0 Å². The summed E-state index contributed by atoms with van der Waals surface area (Å²) >= 11 is 0. The molecule has 10 heteroatoms. The maximum Gasteiger partial charge on any atom is 1.00 e. The first kappa shape index (κ1) is 42.5. The van der Waals surface area contributed by atoms with Crippen LogP contribution < -0.4 is 51.4 Å². The molecular weight excluding hydrogens is 199 g/mol. The fourth-order valence-electron chi connectivity index (χ4n) is 0. The van der Waals surface area contributed by atoms with Crippen LogP contribution in [0.15, 0.2) is 0 Å². The Morgan fingerprint density at radius 1 is 0.900 bits per heavy atom. The summed E-state index contributed by atoms with van der Waals surface area (Å²) in [6.07, 6.45) is 0. The maximum atomic E-state index is 8.74. The Labute approximate surface area is 101 Å². The topological polar surface area (TPSA) is 201 Å². The molecule has 0 unspecified atom stereocenters. The summed E-state index contributed by atoms with van der Waals surface area (Å²) in [6.45, 7) is 0. The first-order valence-electron chi connectivity index (χ1n) is 0.698. The zero-order chi connectivity index (χ0) is 4.50. The SMILES string of the molecule is O.O.O.O.O=S(=O)(O)O.[H-].[K+]. The van der Waals surface area contributed by atoms with Gasteiger partial charge in [-0.25, -0.2) is 0 Å². The van der Waals surface area contributed by atoms with Gasteiger partial charge in [0.05, 0.1) is 0 Å². The van der Waals surface area contributed by atoms with E-state index in [1.807, 2.05) is 0 Å². The van der Waals surface area contributed by atoms with E-state index >= 15 is 0 Å². The monoisotopic (exact) mass is 210 g/mol. The van der Waals surface area contributed by atoms with Crippen LogP contribution in [-0.2, 0) is 10.4 Å². The first-order chi connectivity index (χ1) is 2.00. The molecule has 10 heavy (non-hydrogen) atoms. The standard InChI is InChI=1S/K.H2O4S.4H2O.H/c;1-5(2,3)4;;;;;/h;(H2,1,2,3,4);4*1H2;/q+1;;;;;;-1. The second-order valence-corrected chi connectivity index (χ2v) is 1.34. The summed E-state index contributed by atoms with van der Waals surface area (Å²) in [5, 5.41) is 0. The molecule has 0 saturated carbocycles. The van der Waals surface area contributed by atoms with Gasteiger partial charge in [0.1, 0.15) is 0 Å². The average Bonchev–Trinajstić information content (AvgIpc) is 0.722. The minimum Gasteiger partial charge on any atom is -1.00 e. The van der Waals surface area contributed by atoms with Gasteiger partial charge in [0.15, 0.2) is 0 Å². The van der Waals surface area contributed by atoms with Gasteiger partial charge in [-0.3, -0.25) is 9.11 Å². The van der Waals surface area contributed by atoms with Crippen molar-refractivity contribution < 1.29 is 92.2 Å². The van der Waals surface area contributed by atoms with E-state index in [0.29, 0.717) is 0 Å². The zero-order valence-corrected chi connectivity index (χ0v) is 9.06. The Hall–Kier alpha value is 1.35. The van der Waals surface area contributed by atoms with Crippen LogP contribution in [0, 0.1) is 0 Å². The van der Waals surface area contributed by atoms with Crippen molar-refractivity contribution in [3.05, 3.63) is 0 Å². The van der Waals surface area contributed by atoms with E-state index in [-0.39, 0.29) is 74.7 Å². The van der Waals surface area contributed by atoms with Crippen LogP contribution >= 0.6 is 0 Å². The van der Waals surface area contributed by atoms with Crippen LogP contribution in [-0.4, -0.2) is 39.4 Å². The van der Waals surface area contributed by atoms with Crippen molar-refractivity contribution in [1.29, 1.82) is 0 Å². The van der Waals surface area contributed by atoms with Crippen molar-refractivity contribution in [2.45, 2.75) is 0 Å². The molecule has 10 N–H and O–H groups in total. The van der Waals surface area contributed by atoms with Crippen LogP contribution in [0.25, 0.3) is 0 Å². The van der Waals surface area contributed by atoms with Gasteiger partial charge in [0.2, 0.25) is 0 Å². The molecule has 0 saturated heterocycles. The molecule has 8 nitrogen and oxygen atoms in total. The third kappa shape index (κ3) is 359. The quantitative estimate of drug-likeness (QED) is 0.295. The molecule has 0 spiro atoms. The van der Waals surface area contributed by atoms with Gasteiger partial charge < -0.3 is 23.3 Å². The Bertz CT molecular complexity index is 97.3. The Kier molecular flexibility index (Phi) is 71.2. The molecule has 0 aliphatic carbocycles. The molecule has 0 atom stereocenters. The van der Waals surface area contributed by atoms with Crippen molar-refractivity contribution in [1.82, 2.24) is 0 Å². The van der Waals surface area contributed by atoms with Gasteiger partial charge >= 0.3 is 61.8 Å². The van der Waals surface area contributed by atoms with Crippen LogP contribution in [0.2, 0.25) is 0 Å². The number of rotatable bonds is 0. The fourth-order valence-corrected chi connectivity index (χ4v) is 0. The molecule has 0 aromatic heterocycles. The second-order valence-electron chi connectivity index (χ2n) is 0.448. The maximum absolute atomic E-state index is 8.74. The third-order valence-corrected chi connectivity index (χ3v) is 0. The number of hydrogen-bond acceptors (Lipinski definition) is 2. The predicted molar refractivity (Wildman–Crippen MR) is 29.7 cm³/mol. The van der Waals surface area contributed by atoms with Crippen molar-refractivity contribution in [2.24, 2.45) is 0 Å². The van der Waals surface area contributed by atoms with Gasteiger partial charge in [-0.05, 0) is 0 Å². The Morgan fingerprint density at radius 2 is 0.900 bits per heavy atom. The molecule has 0 fully saturated rings. The second kappa shape index (κ2) is 16.7. The van der Waals surface area contributed by atoms with Gasteiger partial charge in [0.25, 0.3) is 0 Å². The molecule has 0 aliphatic heterocycles. The van der Waals surface area contributed by atoms with E-state index < -0.39 is 10.4 Å². The zero-order valence-electron chi connectivity index (χ0n) is 6.12. The molecular formula is H11KO8S. The summed E-state index contributed by atoms with van der Waals surface area (Å²) in [5.74, 6) is 0. The van der Waals surface area contributed by atoms with E-state index in [1.165, 1.54) is 0 Å². The minimum atomic E-state index is -4.67. The summed E-state index contributed by atoms with van der Waals surface area (Å²) in [4.78, 5) is 0. The largest absolute Gasteiger partial charge is 1.00 e. The van der Waals surface area contributed by atoms with E-state index in [0.717, 1.165) is 0 Å². The number of hydrogen-bond donors (Lipinski definition) is 2. The Balaban J connectivity index is -0.00000000533.